The molecule has 8 heteroatoms. The fraction of sp³-hybridized carbons (Fsp3) is 0.842. The van der Waals surface area contributed by atoms with Crippen molar-refractivity contribution < 1.29 is 29.5 Å². The first kappa shape index (κ1) is 18.7. The first-order valence-electron chi connectivity index (χ1n) is 10.1. The van der Waals surface area contributed by atoms with Crippen LogP contribution in [0.1, 0.15) is 57.8 Å². The lowest BCUT2D eigenvalue weighted by atomic mass is 9.82. The number of nitrogens with zero attached hydrogens (tertiary/aromatic N) is 2. The van der Waals surface area contributed by atoms with Crippen LogP contribution in [0.5, 0.6) is 0 Å². The van der Waals surface area contributed by atoms with Crippen molar-refractivity contribution in [1.29, 1.82) is 0 Å². The molecule has 0 aromatic heterocycles. The number of carboxylic acids is 1. The van der Waals surface area contributed by atoms with E-state index in [0.29, 0.717) is 30.7 Å². The molecule has 0 saturated heterocycles. The van der Waals surface area contributed by atoms with Crippen LogP contribution in [0.3, 0.4) is 0 Å². The monoisotopic (exact) mass is 380 g/mol. The van der Waals surface area contributed by atoms with Gasteiger partial charge in [0.1, 0.15) is 12.2 Å². The van der Waals surface area contributed by atoms with Crippen LogP contribution in [0.15, 0.2) is 9.98 Å². The molecular weight excluding hydrogens is 352 g/mol. The van der Waals surface area contributed by atoms with Gasteiger partial charge in [-0.1, -0.05) is 0 Å². The lowest BCUT2D eigenvalue weighted by Crippen LogP contribution is -2.32. The lowest BCUT2D eigenvalue weighted by molar-refractivity contribution is -0.244. The standard InChI is InChI=1S/C19H28N2O6/c22-19(23)9-12-2-4-16-14(8-12)21-18(27-16)10-17-20-13-7-11(5-6-25-24)1-3-15(13)26-17/h11-16,24H,1-10H2,(H,22,23). The Morgan fingerprint density at radius 1 is 1.00 bits per heavy atom. The quantitative estimate of drug-likeness (QED) is 0.519. The van der Waals surface area contributed by atoms with Crippen LogP contribution >= 0.6 is 0 Å². The van der Waals surface area contributed by atoms with Gasteiger partial charge >= 0.3 is 5.97 Å². The maximum atomic E-state index is 10.9. The molecule has 27 heavy (non-hydrogen) atoms. The molecule has 2 fully saturated rings. The average molecular weight is 380 g/mol. The number of fused-ring (bicyclic) bond motifs is 2. The zero-order valence-corrected chi connectivity index (χ0v) is 15.5. The minimum Gasteiger partial charge on any atom is -0.481 e. The smallest absolute Gasteiger partial charge is 0.303 e. The van der Waals surface area contributed by atoms with Crippen LogP contribution in [-0.2, 0) is 19.2 Å². The number of aliphatic carboxylic acids is 1. The van der Waals surface area contributed by atoms with Gasteiger partial charge in [0, 0.05) is 6.42 Å². The van der Waals surface area contributed by atoms with E-state index in [1.54, 1.807) is 0 Å². The Morgan fingerprint density at radius 2 is 1.59 bits per heavy atom. The van der Waals surface area contributed by atoms with Gasteiger partial charge in [-0.25, -0.2) is 14.9 Å². The van der Waals surface area contributed by atoms with Crippen LogP contribution in [0, 0.1) is 11.8 Å². The van der Waals surface area contributed by atoms with Gasteiger partial charge in [0.2, 0.25) is 0 Å². The van der Waals surface area contributed by atoms with Crippen LogP contribution in [0.2, 0.25) is 0 Å². The molecule has 8 nitrogen and oxygen atoms in total. The SMILES string of the molecule is O=C(O)CC1CCC2OC(CC3=NC4CC(CCOO)CCC4O3)=NC2C1. The van der Waals surface area contributed by atoms with Gasteiger partial charge in [0.15, 0.2) is 11.8 Å². The third-order valence-corrected chi connectivity index (χ3v) is 6.30. The number of hydrogen-bond acceptors (Lipinski definition) is 7. The maximum Gasteiger partial charge on any atom is 0.303 e. The van der Waals surface area contributed by atoms with Crippen molar-refractivity contribution in [2.45, 2.75) is 82.1 Å². The summed E-state index contributed by atoms with van der Waals surface area (Å²) >= 11 is 0. The summed E-state index contributed by atoms with van der Waals surface area (Å²) in [6.07, 6.45) is 7.33. The zero-order valence-electron chi connectivity index (χ0n) is 15.5. The highest BCUT2D eigenvalue weighted by Crippen LogP contribution is 2.37. The van der Waals surface area contributed by atoms with Crippen molar-refractivity contribution in [2.24, 2.45) is 21.8 Å². The van der Waals surface area contributed by atoms with Gasteiger partial charge in [-0.05, 0) is 56.8 Å². The molecule has 150 valence electrons. The van der Waals surface area contributed by atoms with Crippen molar-refractivity contribution in [1.82, 2.24) is 0 Å². The Balaban J connectivity index is 1.30. The van der Waals surface area contributed by atoms with Crippen LogP contribution in [-0.4, -0.2) is 59.0 Å². The average Bonchev–Trinajstić information content (AvgIpc) is 3.21. The summed E-state index contributed by atoms with van der Waals surface area (Å²) in [5, 5.41) is 17.5. The van der Waals surface area contributed by atoms with Crippen LogP contribution in [0.25, 0.3) is 0 Å². The van der Waals surface area contributed by atoms with Crippen LogP contribution in [0.4, 0.5) is 0 Å². The Kier molecular flexibility index (Phi) is 5.63. The molecule has 2 heterocycles. The Labute approximate surface area is 158 Å². The molecule has 0 bridgehead atoms. The molecule has 0 aromatic carbocycles. The van der Waals surface area contributed by atoms with Gasteiger partial charge in [-0.3, -0.25) is 10.1 Å². The number of hydrogen-bond donors (Lipinski definition) is 2. The van der Waals surface area contributed by atoms with Gasteiger partial charge in [0.25, 0.3) is 0 Å². The Bertz CT molecular complexity index is 621. The summed E-state index contributed by atoms with van der Waals surface area (Å²) in [6, 6.07) is 0.256. The van der Waals surface area contributed by atoms with E-state index in [0.717, 1.165) is 44.9 Å². The van der Waals surface area contributed by atoms with E-state index in [-0.39, 0.29) is 36.6 Å². The third kappa shape index (κ3) is 4.43. The van der Waals surface area contributed by atoms with E-state index < -0.39 is 5.97 Å². The number of carboxylic acid groups (broad SMARTS) is 1. The highest BCUT2D eigenvalue weighted by molar-refractivity contribution is 5.98. The predicted molar refractivity (Wildman–Crippen MR) is 96.9 cm³/mol. The highest BCUT2D eigenvalue weighted by atomic mass is 17.1. The molecule has 6 unspecified atom stereocenters. The molecule has 2 N–H and O–H groups in total. The molecule has 0 radical (unpaired) electrons. The predicted octanol–water partition coefficient (Wildman–Crippen LogP) is 2.66. The number of ether oxygens (including phenoxy) is 2. The first-order chi connectivity index (χ1) is 13.1. The third-order valence-electron chi connectivity index (χ3n) is 6.30. The minimum atomic E-state index is -0.734. The zero-order chi connectivity index (χ0) is 18.8. The summed E-state index contributed by atoms with van der Waals surface area (Å²) < 4.78 is 12.0. The fourth-order valence-corrected chi connectivity index (χ4v) is 4.95. The topological polar surface area (TPSA) is 110 Å². The second-order valence-electron chi connectivity index (χ2n) is 8.25. The Morgan fingerprint density at radius 3 is 2.19 bits per heavy atom. The molecule has 4 rings (SSSR count). The van der Waals surface area contributed by atoms with E-state index in [2.05, 4.69) is 4.89 Å². The second kappa shape index (κ2) is 8.14. The maximum absolute atomic E-state index is 10.9. The molecule has 4 aliphatic rings. The molecular formula is C19H28N2O6. The molecule has 0 spiro atoms. The largest absolute Gasteiger partial charge is 0.481 e. The number of aliphatic imine (C=N–C) groups is 2. The Hall–Kier alpha value is -1.67. The normalized spacial score (nSPS) is 37.5. The summed E-state index contributed by atoms with van der Waals surface area (Å²) in [5.41, 5.74) is 0. The van der Waals surface area contributed by atoms with Crippen molar-refractivity contribution in [3.63, 3.8) is 0 Å². The molecule has 2 aliphatic carbocycles. The summed E-state index contributed by atoms with van der Waals surface area (Å²) in [7, 11) is 0. The summed E-state index contributed by atoms with van der Waals surface area (Å²) in [4.78, 5) is 24.6. The molecule has 2 saturated carbocycles. The molecule has 2 aliphatic heterocycles. The van der Waals surface area contributed by atoms with E-state index in [9.17, 15) is 4.79 Å². The van der Waals surface area contributed by atoms with E-state index >= 15 is 0 Å². The van der Waals surface area contributed by atoms with E-state index in [4.69, 9.17) is 29.8 Å². The van der Waals surface area contributed by atoms with Crippen molar-refractivity contribution >= 4 is 17.8 Å². The van der Waals surface area contributed by atoms with Gasteiger partial charge in [-0.15, -0.1) is 0 Å². The van der Waals surface area contributed by atoms with Crippen molar-refractivity contribution in [3.8, 4) is 0 Å². The van der Waals surface area contributed by atoms with Crippen molar-refractivity contribution in [3.05, 3.63) is 0 Å². The highest BCUT2D eigenvalue weighted by Gasteiger charge is 2.40. The number of rotatable bonds is 7. The first-order valence-corrected chi connectivity index (χ1v) is 10.1. The van der Waals surface area contributed by atoms with Gasteiger partial charge < -0.3 is 14.6 Å². The fourth-order valence-electron chi connectivity index (χ4n) is 4.95. The minimum absolute atomic E-state index is 0.0743. The molecule has 0 aromatic rings. The van der Waals surface area contributed by atoms with E-state index in [1.165, 1.54) is 0 Å². The van der Waals surface area contributed by atoms with Gasteiger partial charge in [-0.2, -0.15) is 0 Å². The van der Waals surface area contributed by atoms with E-state index in [1.807, 2.05) is 0 Å². The second-order valence-corrected chi connectivity index (χ2v) is 8.25. The molecule has 0 amide bonds. The van der Waals surface area contributed by atoms with Gasteiger partial charge in [0.05, 0.1) is 25.1 Å². The summed E-state index contributed by atoms with van der Waals surface area (Å²) in [6.45, 7) is 0.371. The number of carbonyl (C=O) groups is 1. The summed E-state index contributed by atoms with van der Waals surface area (Å²) in [5.74, 6) is 1.37. The van der Waals surface area contributed by atoms with Crippen LogP contribution < -0.4 is 0 Å². The van der Waals surface area contributed by atoms with Crippen molar-refractivity contribution in [2.75, 3.05) is 6.61 Å². The molecule has 6 atom stereocenters. The lowest BCUT2D eigenvalue weighted by Gasteiger charge is -2.29.